The van der Waals surface area contributed by atoms with Gasteiger partial charge in [0.05, 0.1) is 17.1 Å². The number of rotatable bonds is 8. The highest BCUT2D eigenvalue weighted by atomic mass is 32.2. The third-order valence-electron chi connectivity index (χ3n) is 5.35. The van der Waals surface area contributed by atoms with E-state index in [4.69, 9.17) is 5.14 Å². The third-order valence-corrected chi connectivity index (χ3v) is 6.54. The number of benzene rings is 1. The van der Waals surface area contributed by atoms with Crippen molar-refractivity contribution in [3.8, 4) is 0 Å². The molecule has 1 aromatic heterocycles. The van der Waals surface area contributed by atoms with Crippen LogP contribution < -0.4 is 10.5 Å². The number of nitrogens with two attached hydrogens (primary N) is 1. The fourth-order valence-corrected chi connectivity index (χ4v) is 4.23. The Morgan fingerprint density at radius 2 is 2.00 bits per heavy atom. The number of aliphatic carboxylic acids is 1. The number of carboxylic acid groups (broad SMARTS) is 1. The number of nitrogens with one attached hydrogen (secondary N) is 2. The standard InChI is InChI=1S/C22H20N6O6S/c23-35(33,34)14-7-5-12(6-8-14)27-28-22-24-11-13(25-22)9-18(21(31)32)26-17-10-19(29)20(30)16-4-2-1-3-15(16)17/h1-7,10-11,14,18,26H,8-9H2,(H,24,25)(H,31,32)(H2,23,33,34). The molecule has 13 heteroatoms. The average Bonchev–Trinajstić information content (AvgIpc) is 3.27. The quantitative estimate of drug-likeness (QED) is 0.310. The molecule has 1 heterocycles. The highest BCUT2D eigenvalue weighted by Gasteiger charge is 2.28. The molecule has 2 aliphatic carbocycles. The molecule has 0 bridgehead atoms. The number of H-pyrrole nitrogens is 1. The van der Waals surface area contributed by atoms with Crippen molar-refractivity contribution >= 4 is 39.2 Å². The summed E-state index contributed by atoms with van der Waals surface area (Å²) < 4.78 is 22.7. The smallest absolute Gasteiger partial charge is 0.326 e. The number of carbonyl (C=O) groups excluding carboxylic acids is 2. The number of hydrogen-bond acceptors (Lipinski definition) is 9. The Kier molecular flexibility index (Phi) is 6.53. The Balaban J connectivity index is 1.45. The van der Waals surface area contributed by atoms with Crippen LogP contribution >= 0.6 is 0 Å². The van der Waals surface area contributed by atoms with Crippen LogP contribution in [-0.4, -0.2) is 52.3 Å². The molecule has 2 atom stereocenters. The van der Waals surface area contributed by atoms with E-state index in [1.165, 1.54) is 24.4 Å². The lowest BCUT2D eigenvalue weighted by molar-refractivity contribution is -0.139. The monoisotopic (exact) mass is 496 g/mol. The number of sulfonamides is 1. The van der Waals surface area contributed by atoms with Gasteiger partial charge < -0.3 is 15.4 Å². The number of Topliss-reactive ketones (excluding diaryl/α,β-unsaturated/α-hetero) is 1. The zero-order valence-electron chi connectivity index (χ0n) is 18.1. The Morgan fingerprint density at radius 1 is 1.26 bits per heavy atom. The van der Waals surface area contributed by atoms with E-state index in [1.807, 2.05) is 0 Å². The van der Waals surface area contributed by atoms with Gasteiger partial charge in [0.1, 0.15) is 6.04 Å². The molecular formula is C22H20N6O6S. The van der Waals surface area contributed by atoms with Crippen LogP contribution in [0.25, 0.3) is 5.70 Å². The van der Waals surface area contributed by atoms with Gasteiger partial charge in [-0.2, -0.15) is 0 Å². The molecule has 0 saturated carbocycles. The number of carboxylic acids is 1. The summed E-state index contributed by atoms with van der Waals surface area (Å²) in [6.07, 6.45) is 7.14. The zero-order chi connectivity index (χ0) is 25.2. The summed E-state index contributed by atoms with van der Waals surface area (Å²) in [5.41, 5.74) is 1.76. The normalized spacial score (nSPS) is 18.7. The number of allylic oxidation sites excluding steroid dienone is 3. The van der Waals surface area contributed by atoms with Gasteiger partial charge in [-0.15, -0.1) is 10.2 Å². The summed E-state index contributed by atoms with van der Waals surface area (Å²) in [5, 5.41) is 24.8. The van der Waals surface area contributed by atoms with Crippen molar-refractivity contribution in [1.29, 1.82) is 0 Å². The van der Waals surface area contributed by atoms with E-state index in [-0.39, 0.29) is 30.1 Å². The number of nitrogens with zero attached hydrogens (tertiary/aromatic N) is 3. The first-order valence-electron chi connectivity index (χ1n) is 10.4. The summed E-state index contributed by atoms with van der Waals surface area (Å²) in [7, 11) is -3.68. The van der Waals surface area contributed by atoms with Gasteiger partial charge >= 0.3 is 5.97 Å². The fourth-order valence-electron chi connectivity index (χ4n) is 3.56. The molecule has 0 amide bonds. The third kappa shape index (κ3) is 5.47. The van der Waals surface area contributed by atoms with Crippen LogP contribution in [-0.2, 0) is 26.0 Å². The molecule has 5 N–H and O–H groups in total. The van der Waals surface area contributed by atoms with E-state index in [0.29, 0.717) is 17.0 Å². The molecule has 4 rings (SSSR count). The van der Waals surface area contributed by atoms with Crippen molar-refractivity contribution < 1.29 is 27.9 Å². The van der Waals surface area contributed by atoms with Crippen LogP contribution in [0.5, 0.6) is 0 Å². The van der Waals surface area contributed by atoms with Crippen molar-refractivity contribution in [1.82, 2.24) is 15.3 Å². The largest absolute Gasteiger partial charge is 0.480 e. The number of hydrogen-bond donors (Lipinski definition) is 4. The molecule has 0 fully saturated rings. The van der Waals surface area contributed by atoms with Crippen LogP contribution in [0.3, 0.4) is 0 Å². The number of imidazole rings is 1. The van der Waals surface area contributed by atoms with Gasteiger partial charge in [0.2, 0.25) is 27.5 Å². The highest BCUT2D eigenvalue weighted by Crippen LogP contribution is 2.24. The van der Waals surface area contributed by atoms with Crippen molar-refractivity contribution in [3.05, 3.63) is 77.3 Å². The summed E-state index contributed by atoms with van der Waals surface area (Å²) in [6, 6.07) is 5.31. The van der Waals surface area contributed by atoms with Crippen molar-refractivity contribution in [3.63, 3.8) is 0 Å². The lowest BCUT2D eigenvalue weighted by Gasteiger charge is -2.21. The van der Waals surface area contributed by atoms with Gasteiger partial charge in [-0.05, 0) is 12.5 Å². The second-order valence-electron chi connectivity index (χ2n) is 7.82. The maximum atomic E-state index is 12.1. The van der Waals surface area contributed by atoms with Gasteiger partial charge in [-0.25, -0.2) is 23.3 Å². The Morgan fingerprint density at radius 3 is 2.66 bits per heavy atom. The summed E-state index contributed by atoms with van der Waals surface area (Å²) >= 11 is 0. The molecule has 0 aliphatic heterocycles. The number of aromatic amines is 1. The van der Waals surface area contributed by atoms with Crippen molar-refractivity contribution in [2.24, 2.45) is 15.4 Å². The molecule has 0 spiro atoms. The number of aromatic nitrogens is 2. The molecular weight excluding hydrogens is 476 g/mol. The predicted octanol–water partition coefficient (Wildman–Crippen LogP) is 1.39. The van der Waals surface area contributed by atoms with Gasteiger partial charge in [0.25, 0.3) is 0 Å². The van der Waals surface area contributed by atoms with Crippen molar-refractivity contribution in [2.75, 3.05) is 0 Å². The number of fused-ring (bicyclic) bond motifs is 1. The Labute approximate surface area is 199 Å². The minimum Gasteiger partial charge on any atom is -0.480 e. The SMILES string of the molecule is NS(=O)(=O)C1C=CC(N=Nc2ncc(CC(NC3=CC(=O)C(=O)c4ccccc43)C(=O)O)[nH]2)=CC1. The average molecular weight is 497 g/mol. The molecule has 35 heavy (non-hydrogen) atoms. The highest BCUT2D eigenvalue weighted by molar-refractivity contribution is 7.89. The van der Waals surface area contributed by atoms with Crippen LogP contribution in [0.1, 0.15) is 28.0 Å². The maximum absolute atomic E-state index is 12.1. The molecule has 0 saturated heterocycles. The zero-order valence-corrected chi connectivity index (χ0v) is 18.9. The molecule has 2 aromatic rings. The molecule has 2 aliphatic rings. The van der Waals surface area contributed by atoms with E-state index in [2.05, 4.69) is 25.5 Å². The molecule has 180 valence electrons. The van der Waals surface area contributed by atoms with E-state index < -0.39 is 38.9 Å². The molecule has 2 unspecified atom stereocenters. The molecule has 0 radical (unpaired) electrons. The number of primary sulfonamides is 1. The first-order chi connectivity index (χ1) is 16.6. The van der Waals surface area contributed by atoms with Gasteiger partial charge in [0, 0.05) is 35.0 Å². The number of azo groups is 1. The van der Waals surface area contributed by atoms with E-state index in [1.54, 1.807) is 24.3 Å². The van der Waals surface area contributed by atoms with Gasteiger partial charge in [0.15, 0.2) is 0 Å². The van der Waals surface area contributed by atoms with Crippen LogP contribution in [0.2, 0.25) is 0 Å². The minimum atomic E-state index is -3.68. The van der Waals surface area contributed by atoms with E-state index >= 15 is 0 Å². The van der Waals surface area contributed by atoms with Crippen molar-refractivity contribution in [2.45, 2.75) is 24.1 Å². The van der Waals surface area contributed by atoms with Crippen LogP contribution in [0.15, 0.2) is 70.7 Å². The summed E-state index contributed by atoms with van der Waals surface area (Å²) in [6.45, 7) is 0. The first-order valence-corrected chi connectivity index (χ1v) is 12.0. The summed E-state index contributed by atoms with van der Waals surface area (Å²) in [4.78, 5) is 43.0. The van der Waals surface area contributed by atoms with Gasteiger partial charge in [-0.1, -0.05) is 36.4 Å². The number of ketones is 2. The minimum absolute atomic E-state index is 0.0296. The second-order valence-corrected chi connectivity index (χ2v) is 9.60. The lowest BCUT2D eigenvalue weighted by Crippen LogP contribution is -2.39. The predicted molar refractivity (Wildman–Crippen MR) is 124 cm³/mol. The first kappa shape index (κ1) is 23.9. The lowest BCUT2D eigenvalue weighted by atomic mass is 9.92. The van der Waals surface area contributed by atoms with E-state index in [0.717, 1.165) is 6.08 Å². The Bertz CT molecular complexity index is 1440. The second kappa shape index (κ2) is 9.56. The summed E-state index contributed by atoms with van der Waals surface area (Å²) in [5.74, 6) is -2.44. The topological polar surface area (TPSA) is 197 Å². The Hall–Kier alpha value is -4.23. The fraction of sp³-hybridized carbons (Fsp3) is 0.182. The van der Waals surface area contributed by atoms with Gasteiger partial charge in [-0.3, -0.25) is 9.59 Å². The van der Waals surface area contributed by atoms with Crippen LogP contribution in [0.4, 0.5) is 5.95 Å². The van der Waals surface area contributed by atoms with Crippen LogP contribution in [0, 0.1) is 0 Å². The molecule has 1 aromatic carbocycles. The van der Waals surface area contributed by atoms with E-state index in [9.17, 15) is 27.9 Å². The molecule has 12 nitrogen and oxygen atoms in total. The maximum Gasteiger partial charge on any atom is 0.326 e. The number of carbonyl (C=O) groups is 3.